The molecule has 0 aliphatic carbocycles. The number of hydrogen-bond acceptors (Lipinski definition) is 5. The Morgan fingerprint density at radius 3 is 1.86 bits per heavy atom. The van der Waals surface area contributed by atoms with Gasteiger partial charge in [0.1, 0.15) is 5.82 Å². The van der Waals surface area contributed by atoms with Crippen molar-refractivity contribution in [3.63, 3.8) is 0 Å². The predicted molar refractivity (Wildman–Crippen MR) is 177 cm³/mol. The normalized spacial score (nSPS) is 11.2. The number of para-hydroxylation sites is 2. The molecule has 0 fully saturated rings. The van der Waals surface area contributed by atoms with Crippen LogP contribution in [0.3, 0.4) is 0 Å². The number of carbonyl (C=O) groups is 1. The van der Waals surface area contributed by atoms with Crippen molar-refractivity contribution in [3.05, 3.63) is 47.8 Å². The van der Waals surface area contributed by atoms with Gasteiger partial charge in [-0.05, 0) is 37.1 Å². The summed E-state index contributed by atoms with van der Waals surface area (Å²) in [6, 6.07) is 11.7. The number of hydrogen-bond donors (Lipinski definition) is 1. The number of fused-ring (bicyclic) bond motifs is 1. The van der Waals surface area contributed by atoms with Gasteiger partial charge in [0.2, 0.25) is 5.75 Å². The number of unbranched alkanes of at least 4 members (excludes halogenated alkanes) is 13. The first-order chi connectivity index (χ1) is 21.1. The van der Waals surface area contributed by atoms with Gasteiger partial charge in [-0.1, -0.05) is 103 Å². The lowest BCUT2D eigenvalue weighted by molar-refractivity contribution is 0.0952. The van der Waals surface area contributed by atoms with Crippen LogP contribution in [0.2, 0.25) is 0 Å². The van der Waals surface area contributed by atoms with Gasteiger partial charge in [0.05, 0.1) is 32.4 Å². The van der Waals surface area contributed by atoms with Crippen LogP contribution in [-0.2, 0) is 13.0 Å². The molecular formula is C36H55N3O4. The Hall–Kier alpha value is -3.22. The zero-order valence-corrected chi connectivity index (χ0v) is 27.2. The third-order valence-corrected chi connectivity index (χ3v) is 8.26. The monoisotopic (exact) mass is 593 g/mol. The van der Waals surface area contributed by atoms with Crippen molar-refractivity contribution in [3.8, 4) is 17.2 Å². The molecule has 0 unspecified atom stereocenters. The van der Waals surface area contributed by atoms with Crippen molar-refractivity contribution in [2.24, 2.45) is 0 Å². The maximum Gasteiger partial charge on any atom is 0.251 e. The van der Waals surface area contributed by atoms with E-state index in [4.69, 9.17) is 19.2 Å². The lowest BCUT2D eigenvalue weighted by atomic mass is 10.0. The van der Waals surface area contributed by atoms with Gasteiger partial charge in [0.25, 0.3) is 5.91 Å². The molecule has 0 atom stereocenters. The second-order valence-corrected chi connectivity index (χ2v) is 11.5. The third kappa shape index (κ3) is 11.1. The summed E-state index contributed by atoms with van der Waals surface area (Å²) in [7, 11) is 4.64. The highest BCUT2D eigenvalue weighted by Crippen LogP contribution is 2.38. The van der Waals surface area contributed by atoms with E-state index >= 15 is 0 Å². The maximum absolute atomic E-state index is 12.9. The zero-order chi connectivity index (χ0) is 30.7. The molecule has 2 aromatic carbocycles. The molecule has 0 bridgehead atoms. The van der Waals surface area contributed by atoms with E-state index in [9.17, 15) is 4.79 Å². The van der Waals surface area contributed by atoms with Crippen molar-refractivity contribution in [2.75, 3.05) is 27.9 Å². The first-order valence-electron chi connectivity index (χ1n) is 16.6. The molecule has 3 rings (SSSR count). The van der Waals surface area contributed by atoms with Crippen LogP contribution >= 0.6 is 0 Å². The fraction of sp³-hybridized carbons (Fsp3) is 0.611. The third-order valence-electron chi connectivity index (χ3n) is 8.26. The van der Waals surface area contributed by atoms with Crippen molar-refractivity contribution >= 4 is 16.9 Å². The van der Waals surface area contributed by atoms with Crippen LogP contribution in [0.4, 0.5) is 0 Å². The minimum atomic E-state index is -0.171. The highest BCUT2D eigenvalue weighted by Gasteiger charge is 2.17. The number of rotatable bonds is 23. The molecule has 0 aliphatic rings. The smallest absolute Gasteiger partial charge is 0.251 e. The molecule has 3 aromatic rings. The van der Waals surface area contributed by atoms with Crippen LogP contribution < -0.4 is 19.5 Å². The Bertz CT molecular complexity index is 1200. The largest absolute Gasteiger partial charge is 0.493 e. The Kier molecular flexibility index (Phi) is 15.8. The second-order valence-electron chi connectivity index (χ2n) is 11.5. The molecule has 0 spiro atoms. The number of ether oxygens (including phenoxy) is 3. The highest BCUT2D eigenvalue weighted by atomic mass is 16.5. The molecule has 43 heavy (non-hydrogen) atoms. The van der Waals surface area contributed by atoms with Crippen LogP contribution in [0.5, 0.6) is 17.2 Å². The molecule has 1 N–H and O–H groups in total. The molecule has 238 valence electrons. The summed E-state index contributed by atoms with van der Waals surface area (Å²) >= 11 is 0. The number of aromatic nitrogens is 2. The van der Waals surface area contributed by atoms with Gasteiger partial charge in [-0.3, -0.25) is 4.79 Å². The zero-order valence-electron chi connectivity index (χ0n) is 27.2. The Balaban J connectivity index is 1.39. The topological polar surface area (TPSA) is 74.6 Å². The summed E-state index contributed by atoms with van der Waals surface area (Å²) in [5.74, 6) is 2.32. The Morgan fingerprint density at radius 1 is 0.744 bits per heavy atom. The SMILES string of the molecule is CCCCCCCCCCCCCCCCn1c(CCCNC(=O)c2cc(OC)c(OC)c(OC)c2)nc2ccccc21. The average molecular weight is 594 g/mol. The quantitative estimate of drug-likeness (QED) is 0.111. The van der Waals surface area contributed by atoms with Gasteiger partial charge in [-0.15, -0.1) is 0 Å². The average Bonchev–Trinajstić information content (AvgIpc) is 3.39. The summed E-state index contributed by atoms with van der Waals surface area (Å²) < 4.78 is 18.5. The molecule has 1 heterocycles. The number of aryl methyl sites for hydroxylation is 2. The first-order valence-corrected chi connectivity index (χ1v) is 16.6. The highest BCUT2D eigenvalue weighted by molar-refractivity contribution is 5.95. The van der Waals surface area contributed by atoms with Gasteiger partial charge in [-0.2, -0.15) is 0 Å². The van der Waals surface area contributed by atoms with Gasteiger partial charge < -0.3 is 24.1 Å². The molecule has 0 saturated carbocycles. The number of amides is 1. The van der Waals surface area contributed by atoms with Crippen LogP contribution in [0, 0.1) is 0 Å². The summed E-state index contributed by atoms with van der Waals surface area (Å²) in [6.45, 7) is 3.83. The van der Waals surface area contributed by atoms with Crippen molar-refractivity contribution < 1.29 is 19.0 Å². The Morgan fingerprint density at radius 2 is 1.30 bits per heavy atom. The van der Waals surface area contributed by atoms with Crippen molar-refractivity contribution in [2.45, 2.75) is 116 Å². The lowest BCUT2D eigenvalue weighted by Crippen LogP contribution is -2.25. The standard InChI is InChI=1S/C36H55N3O4/c1-5-6-7-8-9-10-11-12-13-14-15-16-17-20-26-39-31-23-19-18-22-30(31)38-34(39)24-21-25-37-36(40)29-27-32(41-2)35(43-4)33(28-29)42-3/h18-19,22-23,27-28H,5-17,20-21,24-26H2,1-4H3,(H,37,40). The van der Waals surface area contributed by atoms with Crippen molar-refractivity contribution in [1.29, 1.82) is 0 Å². The van der Waals surface area contributed by atoms with Gasteiger partial charge in [0.15, 0.2) is 11.5 Å². The molecule has 0 saturated heterocycles. The molecule has 7 nitrogen and oxygen atoms in total. The number of carbonyl (C=O) groups excluding carboxylic acids is 1. The number of benzene rings is 2. The van der Waals surface area contributed by atoms with Crippen molar-refractivity contribution in [1.82, 2.24) is 14.9 Å². The fourth-order valence-electron chi connectivity index (χ4n) is 5.79. The first kappa shape index (κ1) is 34.3. The van der Waals surface area contributed by atoms with Gasteiger partial charge >= 0.3 is 0 Å². The predicted octanol–water partition coefficient (Wildman–Crippen LogP) is 8.91. The molecule has 0 radical (unpaired) electrons. The molecular weight excluding hydrogens is 538 g/mol. The fourth-order valence-corrected chi connectivity index (χ4v) is 5.79. The van der Waals surface area contributed by atoms with E-state index in [-0.39, 0.29) is 5.91 Å². The minimum Gasteiger partial charge on any atom is -0.493 e. The summed E-state index contributed by atoms with van der Waals surface area (Å²) in [6.07, 6.45) is 20.7. The molecule has 7 heteroatoms. The second kappa shape index (κ2) is 19.9. The Labute approximate surface area is 259 Å². The number of nitrogens with zero attached hydrogens (tertiary/aromatic N) is 2. The summed E-state index contributed by atoms with van der Waals surface area (Å²) in [4.78, 5) is 17.8. The lowest BCUT2D eigenvalue weighted by Gasteiger charge is -2.14. The summed E-state index contributed by atoms with van der Waals surface area (Å²) in [5, 5.41) is 3.03. The van der Waals surface area contributed by atoms with E-state index in [2.05, 4.69) is 35.0 Å². The number of imidazole rings is 1. The van der Waals surface area contributed by atoms with Crippen LogP contribution in [0.1, 0.15) is 119 Å². The van der Waals surface area contributed by atoms with E-state index in [1.54, 1.807) is 33.5 Å². The minimum absolute atomic E-state index is 0.171. The van der Waals surface area contributed by atoms with Gasteiger partial charge in [-0.25, -0.2) is 4.98 Å². The van der Waals surface area contributed by atoms with Crippen LogP contribution in [0.15, 0.2) is 36.4 Å². The molecule has 0 aliphatic heterocycles. The number of methoxy groups -OCH3 is 3. The van der Waals surface area contributed by atoms with E-state index < -0.39 is 0 Å². The number of nitrogens with one attached hydrogen (secondary N) is 1. The van der Waals surface area contributed by atoms with E-state index in [1.807, 2.05) is 6.07 Å². The van der Waals surface area contributed by atoms with E-state index in [1.165, 1.54) is 95.4 Å². The summed E-state index contributed by atoms with van der Waals surface area (Å²) in [5.41, 5.74) is 2.72. The molecule has 1 aromatic heterocycles. The van der Waals surface area contributed by atoms with Crippen LogP contribution in [-0.4, -0.2) is 43.3 Å². The van der Waals surface area contributed by atoms with Gasteiger partial charge in [0, 0.05) is 25.1 Å². The molecule has 1 amide bonds. The maximum atomic E-state index is 12.9. The van der Waals surface area contributed by atoms with E-state index in [0.29, 0.717) is 29.4 Å². The van der Waals surface area contributed by atoms with E-state index in [0.717, 1.165) is 30.7 Å². The van der Waals surface area contributed by atoms with Crippen LogP contribution in [0.25, 0.3) is 11.0 Å².